The molecule has 1 aromatic rings. The molecule has 26 heavy (non-hydrogen) atoms. The fourth-order valence-electron chi connectivity index (χ4n) is 2.98. The Morgan fingerprint density at radius 2 is 1.85 bits per heavy atom. The summed E-state index contributed by atoms with van der Waals surface area (Å²) in [5.74, 6) is -0.638. The van der Waals surface area contributed by atoms with Crippen LogP contribution in [-0.2, 0) is 14.3 Å². The van der Waals surface area contributed by atoms with Gasteiger partial charge in [0.25, 0.3) is 11.8 Å². The minimum atomic E-state index is -0.520. The number of carbonyl (C=O) groups is 3. The van der Waals surface area contributed by atoms with Crippen molar-refractivity contribution in [1.82, 2.24) is 10.6 Å². The van der Waals surface area contributed by atoms with E-state index in [1.165, 1.54) is 6.42 Å². The van der Waals surface area contributed by atoms with Crippen LogP contribution in [0.25, 0.3) is 0 Å². The molecule has 1 saturated carbocycles. The summed E-state index contributed by atoms with van der Waals surface area (Å²) in [6.45, 7) is 1.98. The van der Waals surface area contributed by atoms with E-state index in [4.69, 9.17) is 16.3 Å². The number of hydrogen-bond acceptors (Lipinski definition) is 4. The van der Waals surface area contributed by atoms with Crippen LogP contribution in [0.3, 0.4) is 0 Å². The zero-order chi connectivity index (χ0) is 18.9. The number of nitrogens with one attached hydrogen (secondary N) is 2. The van der Waals surface area contributed by atoms with Gasteiger partial charge in [0.15, 0.2) is 6.61 Å². The predicted octanol–water partition coefficient (Wildman–Crippen LogP) is 2.70. The summed E-state index contributed by atoms with van der Waals surface area (Å²) in [6, 6.07) is 6.61. The summed E-state index contributed by atoms with van der Waals surface area (Å²) in [6.07, 6.45) is 4.40. The van der Waals surface area contributed by atoms with Crippen LogP contribution >= 0.6 is 11.6 Å². The molecule has 2 atom stereocenters. The third-order valence-corrected chi connectivity index (χ3v) is 4.80. The van der Waals surface area contributed by atoms with Crippen LogP contribution in [0, 0.1) is 5.92 Å². The van der Waals surface area contributed by atoms with Crippen LogP contribution in [0.4, 0.5) is 0 Å². The first-order valence-corrected chi connectivity index (χ1v) is 9.32. The molecule has 6 nitrogen and oxygen atoms in total. The number of amides is 2. The van der Waals surface area contributed by atoms with Crippen LogP contribution in [0.15, 0.2) is 24.3 Å². The molecule has 0 radical (unpaired) electrons. The number of esters is 1. The van der Waals surface area contributed by atoms with Crippen molar-refractivity contribution in [2.75, 3.05) is 13.2 Å². The lowest BCUT2D eigenvalue weighted by molar-refractivity contribution is -0.148. The average Bonchev–Trinajstić information content (AvgIpc) is 2.62. The third-order valence-electron chi connectivity index (χ3n) is 4.54. The first-order chi connectivity index (χ1) is 12.5. The summed E-state index contributed by atoms with van der Waals surface area (Å²) >= 11 is 5.77. The maximum atomic E-state index is 11.9. The molecule has 0 aromatic heterocycles. The van der Waals surface area contributed by atoms with Gasteiger partial charge in [-0.15, -0.1) is 0 Å². The van der Waals surface area contributed by atoms with Gasteiger partial charge in [0.2, 0.25) is 0 Å². The van der Waals surface area contributed by atoms with Crippen LogP contribution in [0.2, 0.25) is 5.02 Å². The van der Waals surface area contributed by atoms with E-state index in [2.05, 4.69) is 17.6 Å². The number of halogens is 1. The minimum Gasteiger partial charge on any atom is -0.456 e. The second-order valence-electron chi connectivity index (χ2n) is 6.61. The quantitative estimate of drug-likeness (QED) is 0.712. The van der Waals surface area contributed by atoms with Gasteiger partial charge in [-0.2, -0.15) is 0 Å². The first kappa shape index (κ1) is 20.2. The average molecular weight is 381 g/mol. The molecule has 1 aromatic carbocycles. The molecule has 0 spiro atoms. The molecule has 0 saturated heterocycles. The van der Waals surface area contributed by atoms with Crippen molar-refractivity contribution in [3.05, 3.63) is 34.9 Å². The molecule has 2 amide bonds. The Labute approximate surface area is 158 Å². The molecule has 1 fully saturated rings. The van der Waals surface area contributed by atoms with E-state index in [0.29, 0.717) is 16.5 Å². The lowest BCUT2D eigenvalue weighted by Crippen LogP contribution is -2.43. The fourth-order valence-corrected chi connectivity index (χ4v) is 3.10. The van der Waals surface area contributed by atoms with Gasteiger partial charge in [0, 0.05) is 23.2 Å². The normalized spacial score (nSPS) is 19.5. The Morgan fingerprint density at radius 1 is 1.15 bits per heavy atom. The summed E-state index contributed by atoms with van der Waals surface area (Å²) in [5.41, 5.74) is 0.462. The zero-order valence-electron chi connectivity index (χ0n) is 14.9. The van der Waals surface area contributed by atoms with Crippen molar-refractivity contribution < 1.29 is 19.1 Å². The Balaban J connectivity index is 1.61. The van der Waals surface area contributed by atoms with E-state index in [1.54, 1.807) is 24.3 Å². The number of carbonyl (C=O) groups excluding carboxylic acids is 3. The van der Waals surface area contributed by atoms with Crippen LogP contribution in [0.5, 0.6) is 0 Å². The third kappa shape index (κ3) is 6.67. The number of benzene rings is 1. The van der Waals surface area contributed by atoms with E-state index in [9.17, 15) is 14.4 Å². The summed E-state index contributed by atoms with van der Waals surface area (Å²) < 4.78 is 4.96. The van der Waals surface area contributed by atoms with Gasteiger partial charge in [0.05, 0.1) is 6.42 Å². The van der Waals surface area contributed by atoms with E-state index >= 15 is 0 Å². The van der Waals surface area contributed by atoms with E-state index in [0.717, 1.165) is 19.3 Å². The number of rotatable bonds is 7. The smallest absolute Gasteiger partial charge is 0.308 e. The molecule has 2 rings (SSSR count). The summed E-state index contributed by atoms with van der Waals surface area (Å²) in [7, 11) is 0. The highest BCUT2D eigenvalue weighted by molar-refractivity contribution is 6.30. The molecular formula is C19H25ClN2O4. The Morgan fingerprint density at radius 3 is 2.54 bits per heavy atom. The molecule has 0 bridgehead atoms. The lowest BCUT2D eigenvalue weighted by atomic mass is 9.86. The Hall–Kier alpha value is -2.08. The number of ether oxygens (including phenoxy) is 1. The Kier molecular flexibility index (Phi) is 7.91. The van der Waals surface area contributed by atoms with E-state index in [-0.39, 0.29) is 37.4 Å². The molecule has 142 valence electrons. The topological polar surface area (TPSA) is 84.5 Å². The van der Waals surface area contributed by atoms with Gasteiger partial charge in [-0.3, -0.25) is 14.4 Å². The lowest BCUT2D eigenvalue weighted by Gasteiger charge is -2.29. The monoisotopic (exact) mass is 380 g/mol. The predicted molar refractivity (Wildman–Crippen MR) is 98.9 cm³/mol. The van der Waals surface area contributed by atoms with Crippen molar-refractivity contribution in [2.45, 2.75) is 45.1 Å². The molecule has 7 heteroatoms. The second-order valence-corrected chi connectivity index (χ2v) is 7.05. The summed E-state index contributed by atoms with van der Waals surface area (Å²) in [4.78, 5) is 35.5. The molecule has 1 aliphatic carbocycles. The second kappa shape index (κ2) is 10.2. The van der Waals surface area contributed by atoms with Crippen molar-refractivity contribution in [3.8, 4) is 0 Å². The van der Waals surface area contributed by atoms with Crippen LogP contribution in [-0.4, -0.2) is 37.0 Å². The summed E-state index contributed by atoms with van der Waals surface area (Å²) in [5, 5.41) is 6.10. The van der Waals surface area contributed by atoms with Gasteiger partial charge < -0.3 is 15.4 Å². The molecule has 0 heterocycles. The first-order valence-electron chi connectivity index (χ1n) is 8.94. The van der Waals surface area contributed by atoms with Crippen LogP contribution < -0.4 is 10.6 Å². The van der Waals surface area contributed by atoms with Crippen molar-refractivity contribution >= 4 is 29.4 Å². The van der Waals surface area contributed by atoms with E-state index in [1.807, 2.05) is 0 Å². The van der Waals surface area contributed by atoms with Crippen LogP contribution in [0.1, 0.15) is 49.4 Å². The van der Waals surface area contributed by atoms with Crippen molar-refractivity contribution in [3.63, 3.8) is 0 Å². The fraction of sp³-hybridized carbons (Fsp3) is 0.526. The molecular weight excluding hydrogens is 356 g/mol. The highest BCUT2D eigenvalue weighted by Gasteiger charge is 2.23. The SMILES string of the molecule is C[C@H]1CCCC[C@H]1NC(=O)COC(=O)CCNC(=O)c1ccc(Cl)cc1. The molecule has 0 unspecified atom stereocenters. The molecule has 1 aliphatic rings. The van der Waals surface area contributed by atoms with Gasteiger partial charge in [0.1, 0.15) is 0 Å². The maximum absolute atomic E-state index is 11.9. The standard InChI is InChI=1S/C19H25ClN2O4/c1-13-4-2-3-5-16(13)22-17(23)12-26-18(24)10-11-21-19(25)14-6-8-15(20)9-7-14/h6-9,13,16H,2-5,10-12H2,1H3,(H,21,25)(H,22,23)/t13-,16+/m0/s1. The van der Waals surface area contributed by atoms with Crippen molar-refractivity contribution in [2.24, 2.45) is 5.92 Å². The minimum absolute atomic E-state index is 0.00639. The van der Waals surface area contributed by atoms with Gasteiger partial charge in [-0.1, -0.05) is 31.4 Å². The maximum Gasteiger partial charge on any atom is 0.308 e. The highest BCUT2D eigenvalue weighted by atomic mass is 35.5. The molecule has 2 N–H and O–H groups in total. The Bertz CT molecular complexity index is 633. The van der Waals surface area contributed by atoms with E-state index < -0.39 is 5.97 Å². The van der Waals surface area contributed by atoms with Gasteiger partial charge >= 0.3 is 5.97 Å². The van der Waals surface area contributed by atoms with Gasteiger partial charge in [-0.05, 0) is 43.0 Å². The zero-order valence-corrected chi connectivity index (χ0v) is 15.7. The highest BCUT2D eigenvalue weighted by Crippen LogP contribution is 2.23. The largest absolute Gasteiger partial charge is 0.456 e. The van der Waals surface area contributed by atoms with Crippen molar-refractivity contribution in [1.29, 1.82) is 0 Å². The number of hydrogen-bond donors (Lipinski definition) is 2. The molecule has 0 aliphatic heterocycles. The van der Waals surface area contributed by atoms with Gasteiger partial charge in [-0.25, -0.2) is 0 Å².